The number of halogens is 2. The Hall–Kier alpha value is -1.89. The van der Waals surface area contributed by atoms with E-state index in [9.17, 15) is 13.6 Å². The normalized spacial score (nSPS) is 21.8. The highest BCUT2D eigenvalue weighted by atomic mass is 19.3. The van der Waals surface area contributed by atoms with Gasteiger partial charge in [0.1, 0.15) is 12.4 Å². The highest BCUT2D eigenvalue weighted by molar-refractivity contribution is 5.68. The molecule has 0 bridgehead atoms. The molecule has 122 valence electrons. The number of hydrogen-bond acceptors (Lipinski definition) is 4. The second-order valence-electron chi connectivity index (χ2n) is 5.34. The molecule has 1 aromatic rings. The number of rotatable bonds is 4. The van der Waals surface area contributed by atoms with Crippen molar-refractivity contribution < 1.29 is 23.0 Å². The van der Waals surface area contributed by atoms with Crippen LogP contribution in [0.15, 0.2) is 24.3 Å². The molecule has 0 unspecified atom stereocenters. The first kappa shape index (κ1) is 16.5. The lowest BCUT2D eigenvalue weighted by Crippen LogP contribution is -2.57. The topological polar surface area (TPSA) is 50.8 Å². The fourth-order valence-corrected chi connectivity index (χ4v) is 2.48. The number of hydrogen-bond donors (Lipinski definition) is 1. The third-order valence-electron chi connectivity index (χ3n) is 3.55. The van der Waals surface area contributed by atoms with E-state index in [4.69, 9.17) is 4.74 Å². The van der Waals surface area contributed by atoms with E-state index in [0.717, 1.165) is 13.1 Å². The summed E-state index contributed by atoms with van der Waals surface area (Å²) in [7, 11) is 0. The molecule has 1 N–H and O–H groups in total. The van der Waals surface area contributed by atoms with E-state index < -0.39 is 6.61 Å². The van der Waals surface area contributed by atoms with Crippen LogP contribution in [0, 0.1) is 0 Å². The van der Waals surface area contributed by atoms with Crippen LogP contribution in [0.2, 0.25) is 0 Å². The molecule has 1 aliphatic heterocycles. The van der Waals surface area contributed by atoms with Gasteiger partial charge in [0.15, 0.2) is 0 Å². The standard InChI is InChI=1S/C15H20F2N2O3/c1-10-7-18-8-11(2)19(10)15(20)21-9-12-3-5-13(6-4-12)22-14(16)17/h3-6,10-11,14,18H,7-9H2,1-2H3/t10-,11-/m1/s1. The predicted octanol–water partition coefficient (Wildman–Crippen LogP) is 2.61. The second kappa shape index (κ2) is 7.40. The van der Waals surface area contributed by atoms with E-state index in [-0.39, 0.29) is 30.5 Å². The molecule has 0 spiro atoms. The molecule has 1 fully saturated rings. The van der Waals surface area contributed by atoms with Gasteiger partial charge in [0, 0.05) is 25.2 Å². The quantitative estimate of drug-likeness (QED) is 0.928. The maximum absolute atomic E-state index is 12.2. The van der Waals surface area contributed by atoms with Crippen molar-refractivity contribution in [3.8, 4) is 5.75 Å². The van der Waals surface area contributed by atoms with Crippen molar-refractivity contribution in [1.29, 1.82) is 0 Å². The number of amides is 1. The van der Waals surface area contributed by atoms with Crippen molar-refractivity contribution in [3.63, 3.8) is 0 Å². The van der Waals surface area contributed by atoms with E-state index >= 15 is 0 Å². The first-order chi connectivity index (χ1) is 10.5. The Labute approximate surface area is 128 Å². The molecule has 0 saturated carbocycles. The number of benzene rings is 1. The summed E-state index contributed by atoms with van der Waals surface area (Å²) in [4.78, 5) is 13.9. The van der Waals surface area contributed by atoms with Gasteiger partial charge in [0.25, 0.3) is 0 Å². The van der Waals surface area contributed by atoms with Gasteiger partial charge >= 0.3 is 12.7 Å². The smallest absolute Gasteiger partial charge is 0.410 e. The Morgan fingerprint density at radius 3 is 2.41 bits per heavy atom. The Kier molecular flexibility index (Phi) is 5.54. The van der Waals surface area contributed by atoms with Crippen LogP contribution in [0.1, 0.15) is 19.4 Å². The van der Waals surface area contributed by atoms with Crippen molar-refractivity contribution in [1.82, 2.24) is 10.2 Å². The first-order valence-electron chi connectivity index (χ1n) is 7.17. The molecular formula is C15H20F2N2O3. The molecule has 1 aromatic carbocycles. The zero-order valence-electron chi connectivity index (χ0n) is 12.6. The SMILES string of the molecule is C[C@@H]1CNC[C@@H](C)N1C(=O)OCc1ccc(OC(F)F)cc1. The summed E-state index contributed by atoms with van der Waals surface area (Å²) < 4.78 is 33.7. The summed E-state index contributed by atoms with van der Waals surface area (Å²) in [5, 5.41) is 3.24. The van der Waals surface area contributed by atoms with E-state index in [2.05, 4.69) is 10.1 Å². The van der Waals surface area contributed by atoms with Gasteiger partial charge in [-0.1, -0.05) is 12.1 Å². The Bertz CT molecular complexity index is 486. The van der Waals surface area contributed by atoms with Crippen LogP contribution < -0.4 is 10.1 Å². The van der Waals surface area contributed by atoms with Crippen molar-refractivity contribution in [2.75, 3.05) is 13.1 Å². The maximum atomic E-state index is 12.2. The van der Waals surface area contributed by atoms with Crippen LogP contribution in [0.3, 0.4) is 0 Å². The van der Waals surface area contributed by atoms with Gasteiger partial charge in [0.2, 0.25) is 0 Å². The van der Waals surface area contributed by atoms with Gasteiger partial charge in [-0.3, -0.25) is 0 Å². The van der Waals surface area contributed by atoms with Crippen LogP contribution in [-0.2, 0) is 11.3 Å². The fraction of sp³-hybridized carbons (Fsp3) is 0.533. The predicted molar refractivity (Wildman–Crippen MR) is 76.9 cm³/mol. The Balaban J connectivity index is 1.87. The molecule has 1 aliphatic rings. The monoisotopic (exact) mass is 314 g/mol. The molecule has 22 heavy (non-hydrogen) atoms. The molecule has 0 aliphatic carbocycles. The molecule has 5 nitrogen and oxygen atoms in total. The third-order valence-corrected chi connectivity index (χ3v) is 3.55. The summed E-state index contributed by atoms with van der Waals surface area (Å²) in [6, 6.07) is 6.17. The lowest BCUT2D eigenvalue weighted by molar-refractivity contribution is -0.0498. The van der Waals surface area contributed by atoms with E-state index in [1.165, 1.54) is 12.1 Å². The fourth-order valence-electron chi connectivity index (χ4n) is 2.48. The minimum atomic E-state index is -2.85. The summed E-state index contributed by atoms with van der Waals surface area (Å²) in [5.41, 5.74) is 0.713. The maximum Gasteiger partial charge on any atom is 0.410 e. The summed E-state index contributed by atoms with van der Waals surface area (Å²) in [6.45, 7) is 2.63. The number of nitrogens with one attached hydrogen (secondary N) is 1. The highest BCUT2D eigenvalue weighted by Crippen LogP contribution is 2.17. The summed E-state index contributed by atoms with van der Waals surface area (Å²) in [6.07, 6.45) is -0.366. The minimum Gasteiger partial charge on any atom is -0.445 e. The minimum absolute atomic E-state index is 0.0677. The number of ether oxygens (including phenoxy) is 2. The zero-order chi connectivity index (χ0) is 16.1. The molecule has 0 radical (unpaired) electrons. The number of carbonyl (C=O) groups is 1. The average molecular weight is 314 g/mol. The van der Waals surface area contributed by atoms with Crippen LogP contribution >= 0.6 is 0 Å². The first-order valence-corrected chi connectivity index (χ1v) is 7.17. The Morgan fingerprint density at radius 2 is 1.86 bits per heavy atom. The summed E-state index contributed by atoms with van der Waals surface area (Å²) in [5.74, 6) is 0.0782. The molecular weight excluding hydrogens is 294 g/mol. The van der Waals surface area contributed by atoms with Crippen LogP contribution in [0.4, 0.5) is 13.6 Å². The number of nitrogens with zero attached hydrogens (tertiary/aromatic N) is 1. The third kappa shape index (κ3) is 4.30. The van der Waals surface area contributed by atoms with E-state index in [0.29, 0.717) is 5.56 Å². The van der Waals surface area contributed by atoms with Gasteiger partial charge in [-0.2, -0.15) is 8.78 Å². The molecule has 0 aromatic heterocycles. The lowest BCUT2D eigenvalue weighted by atomic mass is 10.1. The molecule has 7 heteroatoms. The zero-order valence-corrected chi connectivity index (χ0v) is 12.6. The van der Waals surface area contributed by atoms with Crippen LogP contribution in [-0.4, -0.2) is 42.8 Å². The largest absolute Gasteiger partial charge is 0.445 e. The van der Waals surface area contributed by atoms with E-state index in [1.54, 1.807) is 17.0 Å². The number of piperazine rings is 1. The van der Waals surface area contributed by atoms with Gasteiger partial charge in [0.05, 0.1) is 0 Å². The Morgan fingerprint density at radius 1 is 1.27 bits per heavy atom. The van der Waals surface area contributed by atoms with Gasteiger partial charge in [-0.05, 0) is 31.5 Å². The van der Waals surface area contributed by atoms with Crippen molar-refractivity contribution in [3.05, 3.63) is 29.8 Å². The van der Waals surface area contributed by atoms with Crippen LogP contribution in [0.25, 0.3) is 0 Å². The van der Waals surface area contributed by atoms with Gasteiger partial charge in [-0.25, -0.2) is 4.79 Å². The molecule has 1 saturated heterocycles. The average Bonchev–Trinajstić information content (AvgIpc) is 2.46. The van der Waals surface area contributed by atoms with Gasteiger partial charge in [-0.15, -0.1) is 0 Å². The lowest BCUT2D eigenvalue weighted by Gasteiger charge is -2.38. The van der Waals surface area contributed by atoms with E-state index in [1.807, 2.05) is 13.8 Å². The number of alkyl halides is 2. The molecule has 2 rings (SSSR count). The molecule has 1 heterocycles. The van der Waals surface area contributed by atoms with Crippen molar-refractivity contribution in [2.45, 2.75) is 39.1 Å². The number of carbonyl (C=O) groups excluding carboxylic acids is 1. The second-order valence-corrected chi connectivity index (χ2v) is 5.34. The molecule has 1 amide bonds. The van der Waals surface area contributed by atoms with Gasteiger partial charge < -0.3 is 19.7 Å². The van der Waals surface area contributed by atoms with Crippen molar-refractivity contribution >= 4 is 6.09 Å². The van der Waals surface area contributed by atoms with Crippen LogP contribution in [0.5, 0.6) is 5.75 Å². The summed E-state index contributed by atoms with van der Waals surface area (Å²) >= 11 is 0. The molecule has 2 atom stereocenters. The van der Waals surface area contributed by atoms with Crippen molar-refractivity contribution in [2.24, 2.45) is 0 Å². The highest BCUT2D eigenvalue weighted by Gasteiger charge is 2.29.